The topological polar surface area (TPSA) is 21.3 Å². The first kappa shape index (κ1) is 11.1. The van der Waals surface area contributed by atoms with Gasteiger partial charge < -0.3 is 10.1 Å². The van der Waals surface area contributed by atoms with Crippen molar-refractivity contribution < 1.29 is 4.74 Å². The average molecular weight is 270 g/mol. The third-order valence-corrected chi connectivity index (χ3v) is 3.43. The van der Waals surface area contributed by atoms with E-state index in [-0.39, 0.29) is 0 Å². The molecule has 1 fully saturated rings. The first-order chi connectivity index (χ1) is 7.28. The smallest absolute Gasteiger partial charge is 0.0720 e. The first-order valence-corrected chi connectivity index (χ1v) is 6.10. The number of nitrogens with one attached hydrogen (secondary N) is 1. The number of halogens is 1. The highest BCUT2D eigenvalue weighted by Gasteiger charge is 2.28. The highest BCUT2D eigenvalue weighted by molar-refractivity contribution is 9.10. The van der Waals surface area contributed by atoms with E-state index in [4.69, 9.17) is 4.74 Å². The van der Waals surface area contributed by atoms with E-state index in [1.165, 1.54) is 5.56 Å². The lowest BCUT2D eigenvalue weighted by atomic mass is 9.89. The summed E-state index contributed by atoms with van der Waals surface area (Å²) in [6.45, 7) is 0.731. The summed E-state index contributed by atoms with van der Waals surface area (Å²) >= 11 is 3.42. The van der Waals surface area contributed by atoms with E-state index in [2.05, 4.69) is 45.5 Å². The lowest BCUT2D eigenvalue weighted by Crippen LogP contribution is -2.43. The van der Waals surface area contributed by atoms with Crippen molar-refractivity contribution in [3.63, 3.8) is 0 Å². The lowest BCUT2D eigenvalue weighted by Gasteiger charge is -2.34. The van der Waals surface area contributed by atoms with Crippen LogP contribution in [0.15, 0.2) is 28.7 Å². The number of benzene rings is 1. The first-order valence-electron chi connectivity index (χ1n) is 5.31. The van der Waals surface area contributed by atoms with Gasteiger partial charge in [-0.3, -0.25) is 0 Å². The Kier molecular flexibility index (Phi) is 3.78. The van der Waals surface area contributed by atoms with Gasteiger partial charge in [-0.25, -0.2) is 0 Å². The minimum Gasteiger partial charge on any atom is -0.373 e. The van der Waals surface area contributed by atoms with Crippen LogP contribution in [0.2, 0.25) is 0 Å². The summed E-state index contributed by atoms with van der Waals surface area (Å²) in [4.78, 5) is 0. The largest absolute Gasteiger partial charge is 0.373 e. The van der Waals surface area contributed by atoms with E-state index >= 15 is 0 Å². The zero-order valence-electron chi connectivity index (χ0n) is 8.87. The number of rotatable bonds is 4. The minimum atomic E-state index is 0.450. The van der Waals surface area contributed by atoms with Crippen molar-refractivity contribution in [2.24, 2.45) is 0 Å². The summed E-state index contributed by atoms with van der Waals surface area (Å²) in [5.41, 5.74) is 1.24. The highest BCUT2D eigenvalue weighted by Crippen LogP contribution is 2.24. The maximum atomic E-state index is 5.78. The second-order valence-electron chi connectivity index (χ2n) is 4.02. The fraction of sp³-hybridized carbons (Fsp3) is 0.500. The van der Waals surface area contributed by atoms with Gasteiger partial charge >= 0.3 is 0 Å². The SMILES string of the molecule is CNC1CC(OCc2ccc(Br)cc2)C1. The molecule has 0 aliphatic heterocycles. The third-order valence-electron chi connectivity index (χ3n) is 2.90. The molecule has 1 aromatic carbocycles. The molecule has 2 rings (SSSR count). The van der Waals surface area contributed by atoms with Crippen LogP contribution in [0.5, 0.6) is 0 Å². The molecule has 1 aliphatic carbocycles. The van der Waals surface area contributed by atoms with E-state index in [1.807, 2.05) is 7.05 Å². The highest BCUT2D eigenvalue weighted by atomic mass is 79.9. The monoisotopic (exact) mass is 269 g/mol. The maximum Gasteiger partial charge on any atom is 0.0720 e. The van der Waals surface area contributed by atoms with Gasteiger partial charge in [0.2, 0.25) is 0 Å². The van der Waals surface area contributed by atoms with Crippen LogP contribution in [0.3, 0.4) is 0 Å². The predicted octanol–water partition coefficient (Wildman–Crippen LogP) is 2.72. The molecule has 0 amide bonds. The van der Waals surface area contributed by atoms with Gasteiger partial charge in [0.05, 0.1) is 12.7 Å². The number of hydrogen-bond acceptors (Lipinski definition) is 2. The lowest BCUT2D eigenvalue weighted by molar-refractivity contribution is -0.0250. The van der Waals surface area contributed by atoms with Crippen molar-refractivity contribution >= 4 is 15.9 Å². The van der Waals surface area contributed by atoms with Gasteiger partial charge in [0.1, 0.15) is 0 Å². The van der Waals surface area contributed by atoms with E-state index in [0.717, 1.165) is 23.9 Å². The zero-order chi connectivity index (χ0) is 10.7. The molecular formula is C12H16BrNO. The summed E-state index contributed by atoms with van der Waals surface area (Å²) in [5, 5.41) is 3.25. The molecule has 0 unspecified atom stereocenters. The summed E-state index contributed by atoms with van der Waals surface area (Å²) in [6.07, 6.45) is 2.74. The van der Waals surface area contributed by atoms with Crippen LogP contribution in [-0.2, 0) is 11.3 Å². The number of hydrogen-bond donors (Lipinski definition) is 1. The van der Waals surface area contributed by atoms with Gasteiger partial charge in [0, 0.05) is 10.5 Å². The van der Waals surface area contributed by atoms with Crippen LogP contribution in [-0.4, -0.2) is 19.2 Å². The molecule has 1 aromatic rings. The van der Waals surface area contributed by atoms with Crippen LogP contribution in [0, 0.1) is 0 Å². The summed E-state index contributed by atoms with van der Waals surface area (Å²) < 4.78 is 6.90. The summed E-state index contributed by atoms with van der Waals surface area (Å²) in [5.74, 6) is 0. The Morgan fingerprint density at radius 1 is 1.33 bits per heavy atom. The van der Waals surface area contributed by atoms with Crippen molar-refractivity contribution in [2.45, 2.75) is 31.6 Å². The Bertz CT molecular complexity index is 306. The van der Waals surface area contributed by atoms with Gasteiger partial charge in [-0.2, -0.15) is 0 Å². The minimum absolute atomic E-state index is 0.450. The number of ether oxygens (including phenoxy) is 1. The molecule has 0 spiro atoms. The Hall–Kier alpha value is -0.380. The van der Waals surface area contributed by atoms with E-state index in [9.17, 15) is 0 Å². The quantitative estimate of drug-likeness (QED) is 0.908. The molecule has 1 aliphatic rings. The fourth-order valence-electron chi connectivity index (χ4n) is 1.73. The molecule has 0 atom stereocenters. The van der Waals surface area contributed by atoms with Crippen LogP contribution >= 0.6 is 15.9 Å². The van der Waals surface area contributed by atoms with Crippen LogP contribution in [0.4, 0.5) is 0 Å². The maximum absolute atomic E-state index is 5.78. The van der Waals surface area contributed by atoms with Gasteiger partial charge in [-0.05, 0) is 37.6 Å². The molecule has 15 heavy (non-hydrogen) atoms. The second kappa shape index (κ2) is 5.10. The molecule has 1 saturated carbocycles. The average Bonchev–Trinajstić information content (AvgIpc) is 2.19. The van der Waals surface area contributed by atoms with E-state index in [1.54, 1.807) is 0 Å². The second-order valence-corrected chi connectivity index (χ2v) is 4.93. The van der Waals surface area contributed by atoms with Crippen molar-refractivity contribution in [2.75, 3.05) is 7.05 Å². The molecule has 0 aromatic heterocycles. The van der Waals surface area contributed by atoms with E-state index < -0.39 is 0 Å². The van der Waals surface area contributed by atoms with Crippen LogP contribution in [0.1, 0.15) is 18.4 Å². The van der Waals surface area contributed by atoms with Crippen molar-refractivity contribution in [3.05, 3.63) is 34.3 Å². The van der Waals surface area contributed by atoms with Crippen LogP contribution in [0.25, 0.3) is 0 Å². The van der Waals surface area contributed by atoms with Gasteiger partial charge in [-0.15, -0.1) is 0 Å². The van der Waals surface area contributed by atoms with Crippen molar-refractivity contribution in [3.8, 4) is 0 Å². The third kappa shape index (κ3) is 3.03. The molecular weight excluding hydrogens is 254 g/mol. The Morgan fingerprint density at radius 3 is 2.60 bits per heavy atom. The molecule has 82 valence electrons. The Balaban J connectivity index is 1.72. The molecule has 1 N–H and O–H groups in total. The fourth-order valence-corrected chi connectivity index (χ4v) is 2.00. The molecule has 2 nitrogen and oxygen atoms in total. The van der Waals surface area contributed by atoms with E-state index in [0.29, 0.717) is 12.1 Å². The molecule has 0 saturated heterocycles. The van der Waals surface area contributed by atoms with Gasteiger partial charge in [-0.1, -0.05) is 28.1 Å². The standard InChI is InChI=1S/C12H16BrNO/c1-14-11-6-12(7-11)15-8-9-2-4-10(13)5-3-9/h2-5,11-12,14H,6-8H2,1H3. The molecule has 0 radical (unpaired) electrons. The van der Waals surface area contributed by atoms with Gasteiger partial charge in [0.25, 0.3) is 0 Å². The Labute approximate surface area is 99.1 Å². The summed E-state index contributed by atoms with van der Waals surface area (Å²) in [6, 6.07) is 8.96. The zero-order valence-corrected chi connectivity index (χ0v) is 10.5. The predicted molar refractivity (Wildman–Crippen MR) is 64.8 cm³/mol. The Morgan fingerprint density at radius 2 is 2.00 bits per heavy atom. The van der Waals surface area contributed by atoms with Crippen molar-refractivity contribution in [1.29, 1.82) is 0 Å². The van der Waals surface area contributed by atoms with Crippen LogP contribution < -0.4 is 5.32 Å². The molecule has 0 heterocycles. The normalized spacial score (nSPS) is 24.9. The molecule has 0 bridgehead atoms. The van der Waals surface area contributed by atoms with Gasteiger partial charge in [0.15, 0.2) is 0 Å². The molecule has 3 heteroatoms. The van der Waals surface area contributed by atoms with Crippen molar-refractivity contribution in [1.82, 2.24) is 5.32 Å². The summed E-state index contributed by atoms with van der Waals surface area (Å²) in [7, 11) is 2.01.